The van der Waals surface area contributed by atoms with E-state index < -0.39 is 0 Å². The molecule has 0 bridgehead atoms. The highest BCUT2D eigenvalue weighted by Crippen LogP contribution is 2.33. The van der Waals surface area contributed by atoms with Crippen LogP contribution in [0.15, 0.2) is 6.07 Å². The Kier molecular flexibility index (Phi) is 4.04. The SMILES string of the molecule is CC1CCCN(c2cc(C3CCCCC3)n(C)[n+]2C)C1. The van der Waals surface area contributed by atoms with Gasteiger partial charge in [0.1, 0.15) is 7.05 Å². The minimum Gasteiger partial charge on any atom is -0.260 e. The standard InChI is InChI=1S/C17H30N3/c1-14-8-7-11-20(13-14)17-12-16(18(2)19(17)3)15-9-5-4-6-10-15/h12,14-15H,4-11,13H2,1-3H3/q+1. The molecule has 1 aliphatic carbocycles. The van der Waals surface area contributed by atoms with Crippen molar-refractivity contribution < 1.29 is 4.68 Å². The summed E-state index contributed by atoms with van der Waals surface area (Å²) in [7, 11) is 4.46. The molecule has 1 aliphatic heterocycles. The molecule has 0 spiro atoms. The first kappa shape index (κ1) is 14.0. The smallest absolute Gasteiger partial charge is 0.260 e. The van der Waals surface area contributed by atoms with Gasteiger partial charge in [-0.15, -0.1) is 0 Å². The molecule has 1 aromatic heterocycles. The zero-order valence-electron chi connectivity index (χ0n) is 13.4. The Bertz CT molecular complexity index is 457. The molecule has 20 heavy (non-hydrogen) atoms. The summed E-state index contributed by atoms with van der Waals surface area (Å²) in [4.78, 5) is 2.60. The van der Waals surface area contributed by atoms with Gasteiger partial charge in [0, 0.05) is 13.0 Å². The normalized spacial score (nSPS) is 25.1. The predicted molar refractivity (Wildman–Crippen MR) is 83.0 cm³/mol. The Labute approximate surface area is 123 Å². The number of hydrogen-bond donors (Lipinski definition) is 0. The molecule has 3 rings (SSSR count). The molecule has 3 heteroatoms. The van der Waals surface area contributed by atoms with Gasteiger partial charge in [-0.3, -0.25) is 4.90 Å². The third-order valence-corrected chi connectivity index (χ3v) is 5.44. The van der Waals surface area contributed by atoms with Crippen LogP contribution in [0.5, 0.6) is 0 Å². The van der Waals surface area contributed by atoms with Crippen LogP contribution in [0.1, 0.15) is 63.5 Å². The molecule has 2 heterocycles. The largest absolute Gasteiger partial charge is 0.297 e. The van der Waals surface area contributed by atoms with Gasteiger partial charge < -0.3 is 0 Å². The lowest BCUT2D eigenvalue weighted by atomic mass is 9.87. The highest BCUT2D eigenvalue weighted by molar-refractivity contribution is 5.36. The van der Waals surface area contributed by atoms with Gasteiger partial charge in [-0.2, -0.15) is 4.68 Å². The summed E-state index contributed by atoms with van der Waals surface area (Å²) >= 11 is 0. The van der Waals surface area contributed by atoms with E-state index in [-0.39, 0.29) is 0 Å². The van der Waals surface area contributed by atoms with E-state index in [1.807, 2.05) is 0 Å². The molecule has 1 unspecified atom stereocenters. The maximum atomic E-state index is 2.60. The summed E-state index contributed by atoms with van der Waals surface area (Å²) in [5, 5.41) is 0. The molecule has 0 aromatic carbocycles. The number of rotatable bonds is 2. The van der Waals surface area contributed by atoms with Gasteiger partial charge in [-0.05, 0) is 31.6 Å². The minimum absolute atomic E-state index is 0.788. The van der Waals surface area contributed by atoms with Crippen molar-refractivity contribution in [3.05, 3.63) is 11.8 Å². The van der Waals surface area contributed by atoms with Crippen LogP contribution in [0.2, 0.25) is 0 Å². The van der Waals surface area contributed by atoms with Gasteiger partial charge in [0.15, 0.2) is 0 Å². The second-order valence-electron chi connectivity index (χ2n) is 7.00. The molecule has 2 fully saturated rings. The fraction of sp³-hybridized carbons (Fsp3) is 0.824. The molecule has 0 radical (unpaired) electrons. The second-order valence-corrected chi connectivity index (χ2v) is 7.00. The fourth-order valence-electron chi connectivity index (χ4n) is 4.12. The summed E-state index contributed by atoms with van der Waals surface area (Å²) in [5.74, 6) is 3.05. The molecule has 1 saturated carbocycles. The number of aromatic nitrogens is 2. The van der Waals surface area contributed by atoms with Crippen LogP contribution in [0, 0.1) is 5.92 Å². The summed E-state index contributed by atoms with van der Waals surface area (Å²) < 4.78 is 4.76. The first-order valence-corrected chi connectivity index (χ1v) is 8.47. The van der Waals surface area contributed by atoms with Gasteiger partial charge in [0.05, 0.1) is 24.8 Å². The van der Waals surface area contributed by atoms with E-state index in [2.05, 4.69) is 41.3 Å². The van der Waals surface area contributed by atoms with E-state index in [0.717, 1.165) is 11.8 Å². The van der Waals surface area contributed by atoms with Crippen LogP contribution in [0.25, 0.3) is 0 Å². The Balaban J connectivity index is 1.84. The van der Waals surface area contributed by atoms with Crippen molar-refractivity contribution >= 4 is 5.82 Å². The highest BCUT2D eigenvalue weighted by atomic mass is 15.4. The number of nitrogens with zero attached hydrogens (tertiary/aromatic N) is 3. The van der Waals surface area contributed by atoms with E-state index in [0.29, 0.717) is 0 Å². The van der Waals surface area contributed by atoms with Gasteiger partial charge in [0.25, 0.3) is 5.82 Å². The maximum Gasteiger partial charge on any atom is 0.297 e. The van der Waals surface area contributed by atoms with Crippen molar-refractivity contribution in [3.8, 4) is 0 Å². The van der Waals surface area contributed by atoms with Crippen LogP contribution >= 0.6 is 0 Å². The monoisotopic (exact) mass is 276 g/mol. The Morgan fingerprint density at radius 3 is 2.55 bits per heavy atom. The molecular formula is C17H30N3+. The van der Waals surface area contributed by atoms with Gasteiger partial charge in [-0.25, -0.2) is 4.68 Å². The summed E-state index contributed by atoms with van der Waals surface area (Å²) in [6.45, 7) is 4.84. The average Bonchev–Trinajstić information content (AvgIpc) is 2.76. The van der Waals surface area contributed by atoms with Crippen molar-refractivity contribution in [2.75, 3.05) is 18.0 Å². The van der Waals surface area contributed by atoms with E-state index in [9.17, 15) is 0 Å². The lowest BCUT2D eigenvalue weighted by Gasteiger charge is -2.25. The molecule has 1 atom stereocenters. The van der Waals surface area contributed by atoms with E-state index in [4.69, 9.17) is 0 Å². The quantitative estimate of drug-likeness (QED) is 0.756. The van der Waals surface area contributed by atoms with E-state index >= 15 is 0 Å². The predicted octanol–water partition coefficient (Wildman–Crippen LogP) is 3.13. The average molecular weight is 276 g/mol. The second kappa shape index (κ2) is 5.79. The number of piperidine rings is 1. The summed E-state index contributed by atoms with van der Waals surface area (Å²) in [5.41, 5.74) is 1.56. The van der Waals surface area contributed by atoms with Crippen molar-refractivity contribution in [2.24, 2.45) is 20.0 Å². The first-order chi connectivity index (χ1) is 9.66. The Hall–Kier alpha value is -0.990. The first-order valence-electron chi connectivity index (χ1n) is 8.47. The van der Waals surface area contributed by atoms with Crippen molar-refractivity contribution in [2.45, 2.75) is 57.8 Å². The fourth-order valence-corrected chi connectivity index (χ4v) is 4.12. The topological polar surface area (TPSA) is 12.1 Å². The maximum absolute atomic E-state index is 2.60. The van der Waals surface area contributed by atoms with Gasteiger partial charge >= 0.3 is 0 Å². The zero-order valence-corrected chi connectivity index (χ0v) is 13.4. The van der Waals surface area contributed by atoms with Crippen LogP contribution in [-0.2, 0) is 14.1 Å². The molecule has 0 amide bonds. The van der Waals surface area contributed by atoms with Crippen LogP contribution in [0.4, 0.5) is 5.82 Å². The third kappa shape index (κ3) is 2.59. The third-order valence-electron chi connectivity index (χ3n) is 5.44. The van der Waals surface area contributed by atoms with Crippen molar-refractivity contribution in [1.29, 1.82) is 0 Å². The van der Waals surface area contributed by atoms with Crippen LogP contribution in [-0.4, -0.2) is 17.8 Å². The van der Waals surface area contributed by atoms with Gasteiger partial charge in [0.2, 0.25) is 0 Å². The van der Waals surface area contributed by atoms with E-state index in [1.54, 1.807) is 5.69 Å². The van der Waals surface area contributed by atoms with Crippen LogP contribution < -0.4 is 9.58 Å². The number of hydrogen-bond acceptors (Lipinski definition) is 1. The van der Waals surface area contributed by atoms with Crippen molar-refractivity contribution in [3.63, 3.8) is 0 Å². The molecule has 112 valence electrons. The Morgan fingerprint density at radius 2 is 1.85 bits per heavy atom. The zero-order chi connectivity index (χ0) is 14.1. The summed E-state index contributed by atoms with van der Waals surface area (Å²) in [6, 6.07) is 2.48. The number of anilines is 1. The van der Waals surface area contributed by atoms with Crippen LogP contribution in [0.3, 0.4) is 0 Å². The molecule has 3 nitrogen and oxygen atoms in total. The van der Waals surface area contributed by atoms with Crippen molar-refractivity contribution in [1.82, 2.24) is 4.68 Å². The van der Waals surface area contributed by atoms with Gasteiger partial charge in [-0.1, -0.05) is 26.2 Å². The lowest BCUT2D eigenvalue weighted by molar-refractivity contribution is -0.740. The molecule has 2 aliphatic rings. The molecular weight excluding hydrogens is 246 g/mol. The van der Waals surface area contributed by atoms with E-state index in [1.165, 1.54) is 63.9 Å². The summed E-state index contributed by atoms with van der Waals surface area (Å²) in [6.07, 6.45) is 9.76. The molecule has 1 aromatic rings. The Morgan fingerprint density at radius 1 is 1.10 bits per heavy atom. The lowest BCUT2D eigenvalue weighted by Crippen LogP contribution is -2.46. The minimum atomic E-state index is 0.788. The molecule has 1 saturated heterocycles. The molecule has 0 N–H and O–H groups in total. The highest BCUT2D eigenvalue weighted by Gasteiger charge is 2.30.